The van der Waals surface area contributed by atoms with Crippen LogP contribution in [0.4, 0.5) is 0 Å². The Morgan fingerprint density at radius 2 is 2.21 bits per heavy atom. The van der Waals surface area contributed by atoms with E-state index in [0.717, 1.165) is 5.06 Å². The van der Waals surface area contributed by atoms with E-state index < -0.39 is 11.5 Å². The fourth-order valence-corrected chi connectivity index (χ4v) is 1.08. The predicted octanol–water partition coefficient (Wildman–Crippen LogP) is 0.317. The van der Waals surface area contributed by atoms with Gasteiger partial charge in [-0.15, -0.1) is 0 Å². The molecule has 0 bridgehead atoms. The average Bonchev–Trinajstić information content (AvgIpc) is 2.16. The Labute approximate surface area is 81.3 Å². The lowest BCUT2D eigenvalue weighted by molar-refractivity contribution is -0.0758. The zero-order valence-corrected chi connectivity index (χ0v) is 8.33. The van der Waals surface area contributed by atoms with Gasteiger partial charge in [0.1, 0.15) is 5.56 Å². The molecule has 5 heteroatoms. The number of amides is 1. The highest BCUT2D eigenvalue weighted by atomic mass is 16.7. The molecule has 5 nitrogen and oxygen atoms in total. The lowest BCUT2D eigenvalue weighted by Gasteiger charge is -2.13. The van der Waals surface area contributed by atoms with E-state index in [9.17, 15) is 9.59 Å². The molecule has 0 aromatic carbocycles. The summed E-state index contributed by atoms with van der Waals surface area (Å²) in [6.45, 7) is 1.70. The van der Waals surface area contributed by atoms with Gasteiger partial charge >= 0.3 is 0 Å². The summed E-state index contributed by atoms with van der Waals surface area (Å²) >= 11 is 0. The Hall–Kier alpha value is -1.62. The van der Waals surface area contributed by atoms with Crippen molar-refractivity contribution in [3.05, 3.63) is 33.7 Å². The molecule has 0 aliphatic rings. The molecule has 0 unspecified atom stereocenters. The van der Waals surface area contributed by atoms with Crippen LogP contribution in [0.2, 0.25) is 0 Å². The first-order chi connectivity index (χ1) is 6.57. The molecule has 1 rings (SSSR count). The number of nitrogens with one attached hydrogen (secondary N) is 1. The number of hydrogen-bond donors (Lipinski definition) is 1. The second-order valence-corrected chi connectivity index (χ2v) is 2.85. The van der Waals surface area contributed by atoms with Gasteiger partial charge in [-0.05, 0) is 18.6 Å². The minimum atomic E-state index is -0.452. The molecule has 1 aromatic rings. The van der Waals surface area contributed by atoms with Gasteiger partial charge in [0.2, 0.25) is 0 Å². The predicted molar refractivity (Wildman–Crippen MR) is 50.9 cm³/mol. The lowest BCUT2D eigenvalue weighted by atomic mass is 10.1. The van der Waals surface area contributed by atoms with Crippen molar-refractivity contribution in [2.24, 2.45) is 0 Å². The number of aromatic amines is 1. The van der Waals surface area contributed by atoms with Gasteiger partial charge in [0.15, 0.2) is 0 Å². The average molecular weight is 196 g/mol. The van der Waals surface area contributed by atoms with Crippen molar-refractivity contribution in [1.82, 2.24) is 10.0 Å². The summed E-state index contributed by atoms with van der Waals surface area (Å²) < 4.78 is 0. The van der Waals surface area contributed by atoms with Crippen LogP contribution in [0.25, 0.3) is 0 Å². The maximum atomic E-state index is 11.6. The van der Waals surface area contributed by atoms with Crippen molar-refractivity contribution < 1.29 is 9.63 Å². The monoisotopic (exact) mass is 196 g/mol. The number of H-pyrrole nitrogens is 1. The van der Waals surface area contributed by atoms with Crippen LogP contribution in [0.3, 0.4) is 0 Å². The van der Waals surface area contributed by atoms with Crippen LogP contribution in [0.1, 0.15) is 15.9 Å². The van der Waals surface area contributed by atoms with Gasteiger partial charge in [0.25, 0.3) is 11.5 Å². The van der Waals surface area contributed by atoms with Crippen LogP contribution in [0.15, 0.2) is 17.1 Å². The second kappa shape index (κ2) is 4.06. The third-order valence-electron chi connectivity index (χ3n) is 1.94. The number of carbonyl (C=O) groups is 1. The van der Waals surface area contributed by atoms with E-state index in [2.05, 4.69) is 4.98 Å². The van der Waals surface area contributed by atoms with E-state index in [1.807, 2.05) is 0 Å². The zero-order valence-electron chi connectivity index (χ0n) is 8.33. The summed E-state index contributed by atoms with van der Waals surface area (Å²) in [6, 6.07) is 1.66. The van der Waals surface area contributed by atoms with Gasteiger partial charge in [0, 0.05) is 13.2 Å². The van der Waals surface area contributed by atoms with Crippen molar-refractivity contribution >= 4 is 5.91 Å². The van der Waals surface area contributed by atoms with Gasteiger partial charge in [-0.25, -0.2) is 5.06 Å². The number of rotatable bonds is 2. The molecule has 0 saturated heterocycles. The topological polar surface area (TPSA) is 62.4 Å². The van der Waals surface area contributed by atoms with E-state index in [1.165, 1.54) is 20.4 Å². The van der Waals surface area contributed by atoms with Gasteiger partial charge in [-0.3, -0.25) is 14.4 Å². The van der Waals surface area contributed by atoms with E-state index in [4.69, 9.17) is 4.84 Å². The smallest absolute Gasteiger partial charge is 0.283 e. The minimum Gasteiger partial charge on any atom is -0.328 e. The van der Waals surface area contributed by atoms with Crippen LogP contribution in [0, 0.1) is 6.92 Å². The maximum Gasteiger partial charge on any atom is 0.283 e. The normalized spacial score (nSPS) is 9.93. The van der Waals surface area contributed by atoms with Crippen molar-refractivity contribution in [3.63, 3.8) is 0 Å². The quantitative estimate of drug-likeness (QED) is 0.693. The molecule has 0 atom stereocenters. The summed E-state index contributed by atoms with van der Waals surface area (Å²) in [7, 11) is 2.82. The second-order valence-electron chi connectivity index (χ2n) is 2.85. The molecule has 0 radical (unpaired) electrons. The van der Waals surface area contributed by atoms with E-state index in [-0.39, 0.29) is 5.56 Å². The molecule has 0 aliphatic carbocycles. The molecule has 0 fully saturated rings. The van der Waals surface area contributed by atoms with Gasteiger partial charge in [0.05, 0.1) is 7.11 Å². The van der Waals surface area contributed by atoms with E-state index >= 15 is 0 Å². The van der Waals surface area contributed by atoms with Gasteiger partial charge < -0.3 is 4.98 Å². The van der Waals surface area contributed by atoms with Crippen molar-refractivity contribution in [3.8, 4) is 0 Å². The van der Waals surface area contributed by atoms with Crippen molar-refractivity contribution in [2.45, 2.75) is 6.92 Å². The van der Waals surface area contributed by atoms with E-state index in [1.54, 1.807) is 13.0 Å². The highest BCUT2D eigenvalue weighted by molar-refractivity contribution is 5.94. The van der Waals surface area contributed by atoms with Crippen LogP contribution in [-0.4, -0.2) is 30.1 Å². The molecule has 1 N–H and O–H groups in total. The highest BCUT2D eigenvalue weighted by Gasteiger charge is 2.17. The number of hydrogen-bond acceptors (Lipinski definition) is 3. The molecule has 0 spiro atoms. The van der Waals surface area contributed by atoms with Crippen LogP contribution < -0.4 is 5.56 Å². The largest absolute Gasteiger partial charge is 0.328 e. The van der Waals surface area contributed by atoms with Crippen LogP contribution >= 0.6 is 0 Å². The Kier molecular flexibility index (Phi) is 3.03. The third kappa shape index (κ3) is 1.82. The molecular weight excluding hydrogens is 184 g/mol. The summed E-state index contributed by atoms with van der Waals surface area (Å²) in [5, 5.41) is 1.01. The fourth-order valence-electron chi connectivity index (χ4n) is 1.08. The number of pyridine rings is 1. The maximum absolute atomic E-state index is 11.6. The summed E-state index contributed by atoms with van der Waals surface area (Å²) in [6.07, 6.45) is 1.50. The summed E-state index contributed by atoms with van der Waals surface area (Å²) in [5.41, 5.74) is 0.332. The molecule has 14 heavy (non-hydrogen) atoms. The van der Waals surface area contributed by atoms with Crippen molar-refractivity contribution in [1.29, 1.82) is 0 Å². The standard InChI is InChI=1S/C9H12N2O3/c1-6-4-5-10-8(12)7(6)9(13)11(2)14-3/h4-5H,1-3H3,(H,10,12). The molecule has 0 saturated carbocycles. The summed E-state index contributed by atoms with van der Waals surface area (Å²) in [4.78, 5) is 30.1. The number of aryl methyl sites for hydroxylation is 1. The number of nitrogens with zero attached hydrogens (tertiary/aromatic N) is 1. The van der Waals surface area contributed by atoms with Crippen LogP contribution in [-0.2, 0) is 4.84 Å². The third-order valence-corrected chi connectivity index (χ3v) is 1.94. The van der Waals surface area contributed by atoms with Crippen molar-refractivity contribution in [2.75, 3.05) is 14.2 Å². The minimum absolute atomic E-state index is 0.108. The molecule has 1 aromatic heterocycles. The zero-order chi connectivity index (χ0) is 10.7. The number of hydroxylamine groups is 2. The molecule has 1 amide bonds. The first kappa shape index (κ1) is 10.5. The Balaban J connectivity index is 3.19. The number of carbonyl (C=O) groups excluding carboxylic acids is 1. The fraction of sp³-hybridized carbons (Fsp3) is 0.333. The number of aromatic nitrogens is 1. The van der Waals surface area contributed by atoms with Gasteiger partial charge in [-0.2, -0.15) is 0 Å². The first-order valence-electron chi connectivity index (χ1n) is 4.08. The van der Waals surface area contributed by atoms with E-state index in [0.29, 0.717) is 5.56 Å². The van der Waals surface area contributed by atoms with Crippen LogP contribution in [0.5, 0.6) is 0 Å². The summed E-state index contributed by atoms with van der Waals surface area (Å²) in [5.74, 6) is -0.452. The Morgan fingerprint density at radius 3 is 2.71 bits per heavy atom. The molecule has 76 valence electrons. The Morgan fingerprint density at radius 1 is 1.57 bits per heavy atom. The molecule has 0 aliphatic heterocycles. The lowest BCUT2D eigenvalue weighted by Crippen LogP contribution is -2.31. The SMILES string of the molecule is CON(C)C(=O)c1c(C)cc[nH]c1=O. The Bertz CT molecular complexity index is 397. The first-order valence-corrected chi connectivity index (χ1v) is 4.08. The molecule has 1 heterocycles. The highest BCUT2D eigenvalue weighted by Crippen LogP contribution is 2.03. The molecular formula is C9H12N2O3. The van der Waals surface area contributed by atoms with Gasteiger partial charge in [-0.1, -0.05) is 0 Å².